The standard InChI is InChI=1S/C33H51N3O4/c1-22(30(37)27-13-9-17-34-27)35-31(38)26-19-24(20-29-25(26)15-16-33(2,3)21-40-29)32(39)36-18-10-14-28(36)23-11-7-5-4-6-8-12-23/h19-20,22-23,27-28,30,34,37H,4-18,21H2,1-3H3,(H,35,38). The Morgan fingerprint density at radius 1 is 1.05 bits per heavy atom. The molecular weight excluding hydrogens is 502 g/mol. The fourth-order valence-electron chi connectivity index (χ4n) is 7.46. The number of aliphatic hydroxyl groups is 1. The predicted octanol–water partition coefficient (Wildman–Crippen LogP) is 5.23. The highest BCUT2D eigenvalue weighted by Gasteiger charge is 2.37. The zero-order chi connectivity index (χ0) is 28.3. The number of amides is 2. The quantitative estimate of drug-likeness (QED) is 0.449. The molecule has 2 saturated heterocycles. The van der Waals surface area contributed by atoms with Gasteiger partial charge in [-0.2, -0.15) is 0 Å². The minimum absolute atomic E-state index is 0.00940. The number of hydrogen-bond acceptors (Lipinski definition) is 5. The van der Waals surface area contributed by atoms with Crippen LogP contribution in [0.4, 0.5) is 0 Å². The molecule has 7 heteroatoms. The number of likely N-dealkylation sites (tertiary alicyclic amines) is 1. The van der Waals surface area contributed by atoms with Crippen LogP contribution in [-0.4, -0.2) is 65.7 Å². The van der Waals surface area contributed by atoms with Gasteiger partial charge < -0.3 is 25.4 Å². The number of carbonyl (C=O) groups is 2. The molecule has 222 valence electrons. The Morgan fingerprint density at radius 2 is 1.80 bits per heavy atom. The van der Waals surface area contributed by atoms with Gasteiger partial charge in [0.25, 0.3) is 11.8 Å². The van der Waals surface area contributed by atoms with Gasteiger partial charge in [-0.05, 0) is 88.3 Å². The number of fused-ring (bicyclic) bond motifs is 1. The molecule has 3 fully saturated rings. The maximum Gasteiger partial charge on any atom is 0.254 e. The zero-order valence-corrected chi connectivity index (χ0v) is 25.0. The van der Waals surface area contributed by atoms with Gasteiger partial charge in [-0.1, -0.05) is 46.0 Å². The summed E-state index contributed by atoms with van der Waals surface area (Å²) in [6, 6.07) is 3.56. The van der Waals surface area contributed by atoms with E-state index in [2.05, 4.69) is 29.4 Å². The summed E-state index contributed by atoms with van der Waals surface area (Å²) in [5, 5.41) is 17.3. The molecule has 1 aliphatic carbocycles. The Labute approximate surface area is 240 Å². The molecule has 5 rings (SSSR count). The first-order valence-electron chi connectivity index (χ1n) is 16.1. The average molecular weight is 554 g/mol. The molecule has 7 nitrogen and oxygen atoms in total. The Kier molecular flexibility index (Phi) is 9.41. The van der Waals surface area contributed by atoms with Crippen LogP contribution in [0.2, 0.25) is 0 Å². The summed E-state index contributed by atoms with van der Waals surface area (Å²) >= 11 is 0. The second-order valence-electron chi connectivity index (χ2n) is 13.7. The van der Waals surface area contributed by atoms with Gasteiger partial charge in [-0.15, -0.1) is 0 Å². The Hall–Kier alpha value is -2.12. The number of rotatable bonds is 6. The summed E-state index contributed by atoms with van der Waals surface area (Å²) < 4.78 is 6.31. The number of hydrogen-bond donors (Lipinski definition) is 3. The maximum absolute atomic E-state index is 14.1. The van der Waals surface area contributed by atoms with Crippen molar-refractivity contribution in [3.63, 3.8) is 0 Å². The lowest BCUT2D eigenvalue weighted by Gasteiger charge is -2.33. The van der Waals surface area contributed by atoms with Crippen LogP contribution in [0.25, 0.3) is 0 Å². The maximum atomic E-state index is 14.1. The van der Waals surface area contributed by atoms with Crippen LogP contribution in [0.3, 0.4) is 0 Å². The molecule has 2 amide bonds. The molecule has 0 aromatic heterocycles. The third kappa shape index (κ3) is 6.67. The van der Waals surface area contributed by atoms with E-state index in [0.29, 0.717) is 29.4 Å². The van der Waals surface area contributed by atoms with E-state index in [9.17, 15) is 14.7 Å². The van der Waals surface area contributed by atoms with Crippen LogP contribution >= 0.6 is 0 Å². The van der Waals surface area contributed by atoms with Crippen molar-refractivity contribution in [2.75, 3.05) is 19.7 Å². The van der Waals surface area contributed by atoms with Gasteiger partial charge in [0.15, 0.2) is 0 Å². The van der Waals surface area contributed by atoms with E-state index >= 15 is 0 Å². The van der Waals surface area contributed by atoms with Crippen molar-refractivity contribution in [2.45, 2.75) is 128 Å². The van der Waals surface area contributed by atoms with Crippen molar-refractivity contribution in [1.29, 1.82) is 0 Å². The average Bonchev–Trinajstić information content (AvgIpc) is 3.60. The zero-order valence-electron chi connectivity index (χ0n) is 25.0. The molecule has 0 radical (unpaired) electrons. The van der Waals surface area contributed by atoms with Gasteiger partial charge >= 0.3 is 0 Å². The normalized spacial score (nSPS) is 27.1. The van der Waals surface area contributed by atoms with E-state index in [1.807, 2.05) is 13.0 Å². The summed E-state index contributed by atoms with van der Waals surface area (Å²) in [6.07, 6.45) is 13.9. The van der Waals surface area contributed by atoms with Crippen molar-refractivity contribution < 1.29 is 19.4 Å². The third-order valence-corrected chi connectivity index (χ3v) is 10.0. The molecule has 4 atom stereocenters. The number of carbonyl (C=O) groups excluding carboxylic acids is 2. The van der Waals surface area contributed by atoms with Gasteiger partial charge in [-0.25, -0.2) is 0 Å². The summed E-state index contributed by atoms with van der Waals surface area (Å²) in [5.74, 6) is 1.02. The lowest BCUT2D eigenvalue weighted by molar-refractivity contribution is 0.0668. The number of benzene rings is 1. The van der Waals surface area contributed by atoms with Crippen molar-refractivity contribution in [3.05, 3.63) is 28.8 Å². The van der Waals surface area contributed by atoms with Crippen molar-refractivity contribution in [2.24, 2.45) is 11.3 Å². The summed E-state index contributed by atoms with van der Waals surface area (Å²) in [4.78, 5) is 30.0. The molecule has 4 unspecified atom stereocenters. The van der Waals surface area contributed by atoms with Crippen LogP contribution in [0.1, 0.15) is 124 Å². The Balaban J connectivity index is 1.41. The monoisotopic (exact) mass is 553 g/mol. The van der Waals surface area contributed by atoms with Gasteiger partial charge in [0.2, 0.25) is 0 Å². The van der Waals surface area contributed by atoms with Crippen LogP contribution in [-0.2, 0) is 6.42 Å². The number of nitrogens with zero attached hydrogens (tertiary/aromatic N) is 1. The Morgan fingerprint density at radius 3 is 2.52 bits per heavy atom. The van der Waals surface area contributed by atoms with E-state index in [1.165, 1.54) is 44.9 Å². The van der Waals surface area contributed by atoms with Crippen LogP contribution in [0.15, 0.2) is 12.1 Å². The largest absolute Gasteiger partial charge is 0.493 e. The van der Waals surface area contributed by atoms with E-state index < -0.39 is 12.1 Å². The number of aliphatic hydroxyl groups excluding tert-OH is 1. The highest BCUT2D eigenvalue weighted by atomic mass is 16.5. The molecule has 0 spiro atoms. The van der Waals surface area contributed by atoms with Gasteiger partial charge in [-0.3, -0.25) is 9.59 Å². The summed E-state index contributed by atoms with van der Waals surface area (Å²) in [7, 11) is 0. The smallest absolute Gasteiger partial charge is 0.254 e. The highest BCUT2D eigenvalue weighted by Crippen LogP contribution is 2.38. The molecule has 3 heterocycles. The SMILES string of the molecule is CC(NC(=O)c1cc(C(=O)N2CCCC2C2CCCCCCC2)cc2c1CCC(C)(C)CO2)C(O)C1CCCN1. The summed E-state index contributed by atoms with van der Waals surface area (Å²) in [5.41, 5.74) is 1.91. The second-order valence-corrected chi connectivity index (χ2v) is 13.7. The molecule has 1 aromatic rings. The number of ether oxygens (including phenoxy) is 1. The van der Waals surface area contributed by atoms with Gasteiger partial charge in [0.05, 0.1) is 18.8 Å². The fourth-order valence-corrected chi connectivity index (χ4v) is 7.46. The van der Waals surface area contributed by atoms with Crippen LogP contribution < -0.4 is 15.4 Å². The van der Waals surface area contributed by atoms with Gasteiger partial charge in [0, 0.05) is 35.3 Å². The first-order chi connectivity index (χ1) is 19.2. The second kappa shape index (κ2) is 12.8. The third-order valence-electron chi connectivity index (χ3n) is 10.0. The van der Waals surface area contributed by atoms with Crippen LogP contribution in [0.5, 0.6) is 5.75 Å². The van der Waals surface area contributed by atoms with Crippen molar-refractivity contribution >= 4 is 11.8 Å². The minimum Gasteiger partial charge on any atom is -0.493 e. The van der Waals surface area contributed by atoms with E-state index in [4.69, 9.17) is 4.74 Å². The van der Waals surface area contributed by atoms with Crippen molar-refractivity contribution in [1.82, 2.24) is 15.5 Å². The summed E-state index contributed by atoms with van der Waals surface area (Å²) in [6.45, 7) is 8.45. The number of nitrogens with one attached hydrogen (secondary N) is 2. The molecule has 40 heavy (non-hydrogen) atoms. The first-order valence-corrected chi connectivity index (χ1v) is 16.1. The van der Waals surface area contributed by atoms with Crippen molar-refractivity contribution in [3.8, 4) is 5.75 Å². The molecule has 3 aliphatic heterocycles. The lowest BCUT2D eigenvalue weighted by Crippen LogP contribution is -2.49. The van der Waals surface area contributed by atoms with Crippen LogP contribution in [0, 0.1) is 11.3 Å². The Bertz CT molecular complexity index is 1040. The molecule has 3 N–H and O–H groups in total. The fraction of sp³-hybridized carbons (Fsp3) is 0.758. The highest BCUT2D eigenvalue weighted by molar-refractivity contribution is 6.02. The molecule has 1 aromatic carbocycles. The van der Waals surface area contributed by atoms with E-state index in [0.717, 1.165) is 57.2 Å². The minimum atomic E-state index is -0.667. The molecule has 4 aliphatic rings. The van der Waals surface area contributed by atoms with E-state index in [1.54, 1.807) is 6.07 Å². The van der Waals surface area contributed by atoms with Gasteiger partial charge in [0.1, 0.15) is 5.75 Å². The molecule has 1 saturated carbocycles. The topological polar surface area (TPSA) is 90.9 Å². The van der Waals surface area contributed by atoms with E-state index in [-0.39, 0.29) is 29.3 Å². The molecule has 0 bridgehead atoms. The molecular formula is C33H51N3O4. The first kappa shape index (κ1) is 29.4. The predicted molar refractivity (Wildman–Crippen MR) is 158 cm³/mol. The lowest BCUT2D eigenvalue weighted by atomic mass is 9.84.